The van der Waals surface area contributed by atoms with E-state index in [2.05, 4.69) is 14.8 Å². The lowest BCUT2D eigenvalue weighted by atomic mass is 10.2. The maximum absolute atomic E-state index is 12.1. The highest BCUT2D eigenvalue weighted by molar-refractivity contribution is 7.90. The van der Waals surface area contributed by atoms with E-state index in [-0.39, 0.29) is 4.90 Å². The predicted molar refractivity (Wildman–Crippen MR) is 71.7 cm³/mol. The molecule has 98 valence electrons. The number of hydrogen-bond donors (Lipinski definition) is 1. The van der Waals surface area contributed by atoms with E-state index in [4.69, 9.17) is 0 Å². The standard InChI is InChI=1S/C12H12N4O2S/c1-2-16-8-9(7-13-16)12-14-10-5-3-4-6-11(10)19(17,18)15-12/h3-8H,2H2,1H3,(H,14,15). The van der Waals surface area contributed by atoms with Crippen LogP contribution in [0.15, 0.2) is 46.0 Å². The van der Waals surface area contributed by atoms with Gasteiger partial charge in [-0.15, -0.1) is 4.40 Å². The molecule has 0 saturated heterocycles. The van der Waals surface area contributed by atoms with Crippen molar-refractivity contribution in [3.63, 3.8) is 0 Å². The van der Waals surface area contributed by atoms with E-state index in [0.29, 0.717) is 17.1 Å². The van der Waals surface area contributed by atoms with E-state index in [1.54, 1.807) is 35.3 Å². The zero-order valence-corrected chi connectivity index (χ0v) is 11.1. The lowest BCUT2D eigenvalue weighted by molar-refractivity contribution is 0.598. The summed E-state index contributed by atoms with van der Waals surface area (Å²) in [7, 11) is -3.65. The van der Waals surface area contributed by atoms with E-state index < -0.39 is 10.0 Å². The molecule has 7 heteroatoms. The van der Waals surface area contributed by atoms with Crippen LogP contribution in [0.5, 0.6) is 0 Å². The van der Waals surface area contributed by atoms with Crippen molar-refractivity contribution in [2.45, 2.75) is 18.4 Å². The molecule has 0 amide bonds. The Kier molecular flexibility index (Phi) is 2.63. The molecule has 1 aromatic heterocycles. The molecular formula is C12H12N4O2S. The zero-order valence-electron chi connectivity index (χ0n) is 10.2. The lowest BCUT2D eigenvalue weighted by Crippen LogP contribution is -2.22. The van der Waals surface area contributed by atoms with Gasteiger partial charge in [0, 0.05) is 12.7 Å². The Morgan fingerprint density at radius 2 is 2.11 bits per heavy atom. The number of para-hydroxylation sites is 1. The predicted octanol–water partition coefficient (Wildman–Crippen LogP) is 1.46. The Hall–Kier alpha value is -2.15. The van der Waals surface area contributed by atoms with Gasteiger partial charge in [0.15, 0.2) is 5.84 Å². The number of aromatic nitrogens is 2. The van der Waals surface area contributed by atoms with Crippen molar-refractivity contribution in [3.05, 3.63) is 42.2 Å². The topological polar surface area (TPSA) is 76.3 Å². The molecule has 1 aliphatic heterocycles. The fourth-order valence-corrected chi connectivity index (χ4v) is 3.04. The van der Waals surface area contributed by atoms with Gasteiger partial charge in [-0.05, 0) is 19.1 Å². The van der Waals surface area contributed by atoms with Crippen molar-refractivity contribution in [3.8, 4) is 0 Å². The van der Waals surface area contributed by atoms with Gasteiger partial charge < -0.3 is 5.32 Å². The quantitative estimate of drug-likeness (QED) is 0.901. The number of aryl methyl sites for hydroxylation is 1. The Bertz CT molecular complexity index is 762. The number of sulfonamides is 1. The molecule has 0 atom stereocenters. The second-order valence-electron chi connectivity index (χ2n) is 4.12. The molecule has 3 rings (SSSR count). The molecular weight excluding hydrogens is 264 g/mol. The van der Waals surface area contributed by atoms with Crippen molar-refractivity contribution in [2.75, 3.05) is 5.32 Å². The van der Waals surface area contributed by atoms with E-state index >= 15 is 0 Å². The number of benzene rings is 1. The highest BCUT2D eigenvalue weighted by Crippen LogP contribution is 2.27. The SMILES string of the molecule is CCn1cc(C2=NS(=O)(=O)c3ccccc3N2)cn1. The van der Waals surface area contributed by atoms with Gasteiger partial charge in [-0.2, -0.15) is 13.5 Å². The molecule has 19 heavy (non-hydrogen) atoms. The number of hydrogen-bond acceptors (Lipinski definition) is 4. The summed E-state index contributed by atoms with van der Waals surface area (Å²) in [6.45, 7) is 2.68. The average Bonchev–Trinajstić information content (AvgIpc) is 2.87. The summed E-state index contributed by atoms with van der Waals surface area (Å²) < 4.78 is 29.7. The van der Waals surface area contributed by atoms with E-state index in [1.807, 2.05) is 6.92 Å². The van der Waals surface area contributed by atoms with Crippen LogP contribution in [0.3, 0.4) is 0 Å². The van der Waals surface area contributed by atoms with Crippen molar-refractivity contribution in [1.82, 2.24) is 9.78 Å². The summed E-state index contributed by atoms with van der Waals surface area (Å²) in [5.41, 5.74) is 1.19. The van der Waals surface area contributed by atoms with Crippen LogP contribution in [0.4, 0.5) is 5.69 Å². The molecule has 1 aliphatic rings. The second kappa shape index (κ2) is 4.20. The van der Waals surface area contributed by atoms with E-state index in [9.17, 15) is 8.42 Å². The molecule has 0 aliphatic carbocycles. The molecule has 0 bridgehead atoms. The molecule has 1 N–H and O–H groups in total. The highest BCUT2D eigenvalue weighted by Gasteiger charge is 2.25. The molecule has 0 saturated carbocycles. The molecule has 2 aromatic rings. The number of rotatable bonds is 2. The van der Waals surface area contributed by atoms with Crippen LogP contribution in [0.2, 0.25) is 0 Å². The van der Waals surface area contributed by atoms with Gasteiger partial charge in [0.2, 0.25) is 0 Å². The third-order valence-electron chi connectivity index (χ3n) is 2.86. The number of nitrogens with zero attached hydrogens (tertiary/aromatic N) is 3. The number of amidine groups is 1. The third-order valence-corrected chi connectivity index (χ3v) is 4.19. The molecule has 0 spiro atoms. The molecule has 6 nitrogen and oxygen atoms in total. The maximum atomic E-state index is 12.1. The Balaban J connectivity index is 2.09. The summed E-state index contributed by atoms with van der Waals surface area (Å²) in [6.07, 6.45) is 3.36. The van der Waals surface area contributed by atoms with Crippen molar-refractivity contribution >= 4 is 21.5 Å². The van der Waals surface area contributed by atoms with Gasteiger partial charge in [-0.1, -0.05) is 12.1 Å². The van der Waals surface area contributed by atoms with Crippen molar-refractivity contribution < 1.29 is 8.42 Å². The maximum Gasteiger partial charge on any atom is 0.286 e. The van der Waals surface area contributed by atoms with Crippen LogP contribution in [0.25, 0.3) is 0 Å². The third kappa shape index (κ3) is 2.01. The molecule has 2 heterocycles. The summed E-state index contributed by atoms with van der Waals surface area (Å²) in [5, 5.41) is 7.14. The largest absolute Gasteiger partial charge is 0.338 e. The number of fused-ring (bicyclic) bond motifs is 1. The minimum atomic E-state index is -3.65. The number of anilines is 1. The zero-order chi connectivity index (χ0) is 13.5. The Morgan fingerprint density at radius 1 is 1.32 bits per heavy atom. The van der Waals surface area contributed by atoms with Crippen LogP contribution in [-0.2, 0) is 16.6 Å². The van der Waals surface area contributed by atoms with E-state index in [1.165, 1.54) is 6.07 Å². The van der Waals surface area contributed by atoms with Gasteiger partial charge in [0.25, 0.3) is 10.0 Å². The Morgan fingerprint density at radius 3 is 2.84 bits per heavy atom. The van der Waals surface area contributed by atoms with Crippen LogP contribution in [0.1, 0.15) is 12.5 Å². The van der Waals surface area contributed by atoms with Gasteiger partial charge in [0.1, 0.15) is 4.90 Å². The van der Waals surface area contributed by atoms with Crippen LogP contribution < -0.4 is 5.32 Å². The monoisotopic (exact) mass is 276 g/mol. The molecule has 0 radical (unpaired) electrons. The van der Waals surface area contributed by atoms with Crippen molar-refractivity contribution in [2.24, 2.45) is 4.40 Å². The molecule has 1 aromatic carbocycles. The minimum absolute atomic E-state index is 0.196. The molecule has 0 unspecified atom stereocenters. The fourth-order valence-electron chi connectivity index (χ4n) is 1.90. The second-order valence-corrected chi connectivity index (χ2v) is 5.69. The summed E-state index contributed by atoms with van der Waals surface area (Å²) in [6, 6.07) is 6.70. The minimum Gasteiger partial charge on any atom is -0.338 e. The normalized spacial score (nSPS) is 16.4. The molecule has 0 fully saturated rings. The van der Waals surface area contributed by atoms with Crippen LogP contribution >= 0.6 is 0 Å². The lowest BCUT2D eigenvalue weighted by Gasteiger charge is -2.16. The van der Waals surface area contributed by atoms with Crippen LogP contribution in [0, 0.1) is 0 Å². The van der Waals surface area contributed by atoms with Crippen molar-refractivity contribution in [1.29, 1.82) is 0 Å². The number of nitrogens with one attached hydrogen (secondary N) is 1. The van der Waals surface area contributed by atoms with Crippen LogP contribution in [-0.4, -0.2) is 24.0 Å². The first kappa shape index (κ1) is 11.9. The van der Waals surface area contributed by atoms with Gasteiger partial charge in [-0.3, -0.25) is 4.68 Å². The van der Waals surface area contributed by atoms with E-state index in [0.717, 1.165) is 6.54 Å². The first-order chi connectivity index (χ1) is 9.10. The van der Waals surface area contributed by atoms with Gasteiger partial charge in [-0.25, -0.2) is 0 Å². The average molecular weight is 276 g/mol. The smallest absolute Gasteiger partial charge is 0.286 e. The summed E-state index contributed by atoms with van der Waals surface area (Å²) in [5.74, 6) is 0.304. The summed E-state index contributed by atoms with van der Waals surface area (Å²) in [4.78, 5) is 0.196. The first-order valence-electron chi connectivity index (χ1n) is 5.84. The first-order valence-corrected chi connectivity index (χ1v) is 7.28. The van der Waals surface area contributed by atoms with Gasteiger partial charge >= 0.3 is 0 Å². The van der Waals surface area contributed by atoms with Gasteiger partial charge in [0.05, 0.1) is 17.4 Å². The fraction of sp³-hybridized carbons (Fsp3) is 0.167. The highest BCUT2D eigenvalue weighted by atomic mass is 32.2. The summed E-state index contributed by atoms with van der Waals surface area (Å²) >= 11 is 0. The Labute approximate surface area is 110 Å².